The summed E-state index contributed by atoms with van der Waals surface area (Å²) in [6, 6.07) is 18.7. The number of ether oxygens (including phenoxy) is 1. The maximum atomic E-state index is 13.9. The predicted octanol–water partition coefficient (Wildman–Crippen LogP) is 4.42. The molecule has 0 aliphatic carbocycles. The number of fused-ring (bicyclic) bond motifs is 2. The number of aromatic nitrogens is 1. The molecule has 0 N–H and O–H groups in total. The van der Waals surface area contributed by atoms with Gasteiger partial charge in [-0.15, -0.1) is 11.3 Å². The Labute approximate surface area is 221 Å². The van der Waals surface area contributed by atoms with Crippen molar-refractivity contribution >= 4 is 38.2 Å². The van der Waals surface area contributed by atoms with E-state index in [1.54, 1.807) is 35.7 Å². The molecular weight excluding hydrogens is 506 g/mol. The van der Waals surface area contributed by atoms with Gasteiger partial charge in [0.25, 0.3) is 0 Å². The first-order chi connectivity index (χ1) is 17.9. The van der Waals surface area contributed by atoms with E-state index in [2.05, 4.69) is 16.4 Å². The van der Waals surface area contributed by atoms with E-state index in [1.165, 1.54) is 16.3 Å². The van der Waals surface area contributed by atoms with Gasteiger partial charge in [0, 0.05) is 36.7 Å². The van der Waals surface area contributed by atoms with Crippen molar-refractivity contribution in [1.82, 2.24) is 14.2 Å². The van der Waals surface area contributed by atoms with E-state index in [0.29, 0.717) is 12.1 Å². The number of pyridine rings is 1. The number of carbonyl (C=O) groups excluding carboxylic acids is 1. The maximum Gasteiger partial charge on any atom is 0.245 e. The Morgan fingerprint density at radius 3 is 2.70 bits per heavy atom. The second-order valence-electron chi connectivity index (χ2n) is 9.11. The Balaban J connectivity index is 1.49. The Morgan fingerprint density at radius 2 is 1.92 bits per heavy atom. The average Bonchev–Trinajstić information content (AvgIpc) is 3.39. The molecule has 1 atom stereocenters. The summed E-state index contributed by atoms with van der Waals surface area (Å²) in [5.41, 5.74) is 3.66. The molecule has 0 saturated heterocycles. The molecule has 0 spiro atoms. The van der Waals surface area contributed by atoms with Crippen molar-refractivity contribution in [3.8, 4) is 0 Å². The van der Waals surface area contributed by atoms with E-state index in [9.17, 15) is 13.2 Å². The Bertz CT molecular complexity index is 1510. The van der Waals surface area contributed by atoms with Crippen LogP contribution < -0.4 is 0 Å². The van der Waals surface area contributed by atoms with Crippen LogP contribution in [-0.2, 0) is 26.0 Å². The van der Waals surface area contributed by atoms with Gasteiger partial charge in [-0.1, -0.05) is 48.0 Å². The topological polar surface area (TPSA) is 79.8 Å². The standard InChI is InChI=1S/C28H29N3O4S2/c1-20-8-10-22(11-9-20)28-23-13-18-36-24(23)12-15-31(28)26(32)19-30(16-17-35-2)37(33,34)25-7-3-5-21-6-4-14-29-27(21)25/h3-11,13-14,18,28H,12,15-17,19H2,1-2H3. The zero-order valence-corrected chi connectivity index (χ0v) is 22.5. The minimum Gasteiger partial charge on any atom is -0.383 e. The number of sulfonamides is 1. The van der Waals surface area contributed by atoms with E-state index in [1.807, 2.05) is 48.2 Å². The number of rotatable bonds is 8. The summed E-state index contributed by atoms with van der Waals surface area (Å²) < 4.78 is 34.2. The zero-order valence-electron chi connectivity index (χ0n) is 20.8. The van der Waals surface area contributed by atoms with Gasteiger partial charge in [-0.3, -0.25) is 9.78 Å². The molecule has 1 unspecified atom stereocenters. The molecule has 4 aromatic rings. The van der Waals surface area contributed by atoms with E-state index in [-0.39, 0.29) is 36.5 Å². The first-order valence-corrected chi connectivity index (χ1v) is 14.5. The van der Waals surface area contributed by atoms with E-state index >= 15 is 0 Å². The minimum absolute atomic E-state index is 0.0561. The zero-order chi connectivity index (χ0) is 26.0. The van der Waals surface area contributed by atoms with Crippen LogP contribution in [0, 0.1) is 6.92 Å². The second-order valence-corrected chi connectivity index (χ2v) is 12.0. The summed E-state index contributed by atoms with van der Waals surface area (Å²) in [6.45, 7) is 2.50. The Morgan fingerprint density at radius 1 is 1.14 bits per heavy atom. The lowest BCUT2D eigenvalue weighted by molar-refractivity contribution is -0.133. The first kappa shape index (κ1) is 25.5. The lowest BCUT2D eigenvalue weighted by atomic mass is 9.92. The highest BCUT2D eigenvalue weighted by Gasteiger charge is 2.36. The van der Waals surface area contributed by atoms with Crippen molar-refractivity contribution in [3.63, 3.8) is 0 Å². The van der Waals surface area contributed by atoms with Crippen LogP contribution in [0.3, 0.4) is 0 Å². The van der Waals surface area contributed by atoms with Gasteiger partial charge >= 0.3 is 0 Å². The van der Waals surface area contributed by atoms with Crippen molar-refractivity contribution in [1.29, 1.82) is 0 Å². The molecule has 7 nitrogen and oxygen atoms in total. The summed E-state index contributed by atoms with van der Waals surface area (Å²) >= 11 is 1.70. The van der Waals surface area contributed by atoms with Crippen LogP contribution in [0.5, 0.6) is 0 Å². The van der Waals surface area contributed by atoms with Crippen LogP contribution in [0.15, 0.2) is 77.1 Å². The molecule has 37 heavy (non-hydrogen) atoms. The number of hydrogen-bond acceptors (Lipinski definition) is 6. The van der Waals surface area contributed by atoms with Gasteiger partial charge in [-0.25, -0.2) is 8.42 Å². The van der Waals surface area contributed by atoms with Gasteiger partial charge in [0.1, 0.15) is 4.90 Å². The third-order valence-corrected chi connectivity index (χ3v) is 9.62. The van der Waals surface area contributed by atoms with Crippen molar-refractivity contribution in [2.45, 2.75) is 24.3 Å². The minimum atomic E-state index is -4.03. The fourth-order valence-electron chi connectivity index (χ4n) is 4.84. The van der Waals surface area contributed by atoms with Crippen LogP contribution >= 0.6 is 11.3 Å². The molecule has 3 heterocycles. The molecule has 0 radical (unpaired) electrons. The average molecular weight is 536 g/mol. The lowest BCUT2D eigenvalue weighted by Crippen LogP contribution is -2.47. The highest BCUT2D eigenvalue weighted by atomic mass is 32.2. The number of methoxy groups -OCH3 is 1. The molecule has 0 saturated carbocycles. The second kappa shape index (κ2) is 10.7. The molecule has 1 aliphatic heterocycles. The van der Waals surface area contributed by atoms with Crippen LogP contribution in [0.2, 0.25) is 0 Å². The first-order valence-electron chi connectivity index (χ1n) is 12.2. The predicted molar refractivity (Wildman–Crippen MR) is 145 cm³/mol. The number of carbonyl (C=O) groups is 1. The van der Waals surface area contributed by atoms with Crippen LogP contribution in [0.4, 0.5) is 0 Å². The monoisotopic (exact) mass is 535 g/mol. The van der Waals surface area contributed by atoms with E-state index in [4.69, 9.17) is 4.74 Å². The molecule has 5 rings (SSSR count). The largest absolute Gasteiger partial charge is 0.383 e. The number of benzene rings is 2. The number of thiophene rings is 1. The summed E-state index contributed by atoms with van der Waals surface area (Å²) in [5.74, 6) is -0.240. The highest BCUT2D eigenvalue weighted by Crippen LogP contribution is 2.38. The van der Waals surface area contributed by atoms with Crippen LogP contribution in [0.1, 0.15) is 27.6 Å². The van der Waals surface area contributed by atoms with Crippen LogP contribution in [0.25, 0.3) is 10.9 Å². The van der Waals surface area contributed by atoms with Crippen LogP contribution in [-0.4, -0.2) is 61.9 Å². The SMILES string of the molecule is COCCN(CC(=O)N1CCc2sccc2C1c1ccc(C)cc1)S(=O)(=O)c1cccc2cccnc12. The van der Waals surface area contributed by atoms with E-state index < -0.39 is 10.0 Å². The number of amides is 1. The number of hydrogen-bond donors (Lipinski definition) is 0. The smallest absolute Gasteiger partial charge is 0.245 e. The third-order valence-electron chi connectivity index (χ3n) is 6.75. The third kappa shape index (κ3) is 5.04. The lowest BCUT2D eigenvalue weighted by Gasteiger charge is -2.37. The molecular formula is C28H29N3O4S2. The molecule has 0 fully saturated rings. The van der Waals surface area contributed by atoms with Gasteiger partial charge in [0.05, 0.1) is 24.7 Å². The van der Waals surface area contributed by atoms with Crippen molar-refractivity contribution < 1.29 is 17.9 Å². The molecule has 192 valence electrons. The van der Waals surface area contributed by atoms with Crippen molar-refractivity contribution in [3.05, 3.63) is 93.8 Å². The molecule has 1 aliphatic rings. The number of aryl methyl sites for hydroxylation is 1. The van der Waals surface area contributed by atoms with Gasteiger partial charge < -0.3 is 9.64 Å². The number of para-hydroxylation sites is 1. The van der Waals surface area contributed by atoms with Gasteiger partial charge in [0.2, 0.25) is 15.9 Å². The molecule has 1 amide bonds. The fraction of sp³-hybridized carbons (Fsp3) is 0.286. The van der Waals surface area contributed by atoms with Gasteiger partial charge in [-0.2, -0.15) is 4.31 Å². The summed E-state index contributed by atoms with van der Waals surface area (Å²) in [4.78, 5) is 21.4. The normalized spacial score (nSPS) is 15.8. The Hall–Kier alpha value is -3.11. The van der Waals surface area contributed by atoms with Crippen molar-refractivity contribution in [2.24, 2.45) is 0 Å². The van der Waals surface area contributed by atoms with Crippen molar-refractivity contribution in [2.75, 3.05) is 33.4 Å². The molecule has 0 bridgehead atoms. The fourth-order valence-corrected chi connectivity index (χ4v) is 7.28. The Kier molecular flexibility index (Phi) is 7.39. The van der Waals surface area contributed by atoms with Gasteiger partial charge in [0.15, 0.2) is 0 Å². The summed E-state index contributed by atoms with van der Waals surface area (Å²) in [6.07, 6.45) is 2.32. The number of nitrogens with zero attached hydrogens (tertiary/aromatic N) is 3. The van der Waals surface area contributed by atoms with Gasteiger partial charge in [-0.05, 0) is 48.1 Å². The maximum absolute atomic E-state index is 13.9. The highest BCUT2D eigenvalue weighted by molar-refractivity contribution is 7.89. The molecule has 2 aromatic heterocycles. The molecule has 2 aromatic carbocycles. The molecule has 9 heteroatoms. The quantitative estimate of drug-likeness (QED) is 0.334. The summed E-state index contributed by atoms with van der Waals surface area (Å²) in [5, 5.41) is 2.78. The summed E-state index contributed by atoms with van der Waals surface area (Å²) in [7, 11) is -2.51. The van der Waals surface area contributed by atoms with E-state index in [0.717, 1.165) is 28.5 Å².